The zero-order valence-corrected chi connectivity index (χ0v) is 13.4. The molecule has 1 N–H and O–H groups in total. The molecule has 21 heavy (non-hydrogen) atoms. The number of rotatable bonds is 6. The largest absolute Gasteiger partial charge is 0.367 e. The average Bonchev–Trinajstić information content (AvgIpc) is 2.96. The number of nitrogens with one attached hydrogen (secondary N) is 1. The van der Waals surface area contributed by atoms with Crippen LogP contribution in [0.25, 0.3) is 0 Å². The second kappa shape index (κ2) is 7.38. The first-order valence-corrected chi connectivity index (χ1v) is 7.98. The highest BCUT2D eigenvalue weighted by molar-refractivity contribution is 5.92. The molecule has 0 aliphatic heterocycles. The van der Waals surface area contributed by atoms with Crippen LogP contribution < -0.4 is 5.32 Å². The van der Waals surface area contributed by atoms with Crippen molar-refractivity contribution in [2.75, 3.05) is 18.9 Å². The average molecular weight is 290 g/mol. The number of unbranched alkanes of at least 4 members (excludes halogenated alkanes) is 1. The van der Waals surface area contributed by atoms with Crippen molar-refractivity contribution >= 4 is 11.7 Å². The molecule has 5 heteroatoms. The maximum Gasteiger partial charge on any atom is 0.272 e. The van der Waals surface area contributed by atoms with Gasteiger partial charge in [0.15, 0.2) is 0 Å². The summed E-state index contributed by atoms with van der Waals surface area (Å²) in [7, 11) is 1.83. The third-order valence-corrected chi connectivity index (χ3v) is 3.96. The number of carbonyl (C=O) groups is 1. The summed E-state index contributed by atoms with van der Waals surface area (Å²) in [6.07, 6.45) is 7.00. The lowest BCUT2D eigenvalue weighted by Crippen LogP contribution is -2.29. The van der Waals surface area contributed by atoms with Crippen molar-refractivity contribution in [3.8, 4) is 0 Å². The summed E-state index contributed by atoms with van der Waals surface area (Å²) in [4.78, 5) is 22.8. The Morgan fingerprint density at radius 2 is 2.10 bits per heavy atom. The van der Waals surface area contributed by atoms with E-state index in [0.717, 1.165) is 25.2 Å². The number of hydrogen-bond acceptors (Lipinski definition) is 4. The molecule has 0 saturated heterocycles. The highest BCUT2D eigenvalue weighted by Gasteiger charge is 2.18. The molecule has 1 aliphatic carbocycles. The summed E-state index contributed by atoms with van der Waals surface area (Å²) in [6.45, 7) is 4.73. The van der Waals surface area contributed by atoms with Gasteiger partial charge < -0.3 is 10.2 Å². The first-order chi connectivity index (χ1) is 10.1. The molecule has 1 fully saturated rings. The van der Waals surface area contributed by atoms with Crippen LogP contribution in [0.5, 0.6) is 0 Å². The SMILES string of the molecule is CCCCN(C)C(=O)c1cc(NC2CCCC2)nc(C)n1. The molecule has 0 spiro atoms. The van der Waals surface area contributed by atoms with Gasteiger partial charge in [-0.25, -0.2) is 9.97 Å². The summed E-state index contributed by atoms with van der Waals surface area (Å²) in [5.74, 6) is 1.40. The maximum absolute atomic E-state index is 12.4. The Balaban J connectivity index is 2.08. The Morgan fingerprint density at radius 1 is 1.38 bits per heavy atom. The predicted molar refractivity (Wildman–Crippen MR) is 84.5 cm³/mol. The van der Waals surface area contributed by atoms with E-state index in [1.165, 1.54) is 25.7 Å². The van der Waals surface area contributed by atoms with Gasteiger partial charge in [-0.3, -0.25) is 4.79 Å². The molecule has 1 amide bonds. The number of hydrogen-bond donors (Lipinski definition) is 1. The Kier molecular flexibility index (Phi) is 5.53. The summed E-state index contributed by atoms with van der Waals surface area (Å²) >= 11 is 0. The number of nitrogens with zero attached hydrogens (tertiary/aromatic N) is 3. The molecule has 1 heterocycles. The summed E-state index contributed by atoms with van der Waals surface area (Å²) in [5, 5.41) is 3.44. The molecule has 0 radical (unpaired) electrons. The van der Waals surface area contributed by atoms with E-state index in [-0.39, 0.29) is 5.91 Å². The fourth-order valence-corrected chi connectivity index (χ4v) is 2.72. The van der Waals surface area contributed by atoms with Gasteiger partial charge in [0.2, 0.25) is 0 Å². The van der Waals surface area contributed by atoms with Gasteiger partial charge in [0.25, 0.3) is 5.91 Å². The van der Waals surface area contributed by atoms with E-state index >= 15 is 0 Å². The third kappa shape index (κ3) is 4.41. The topological polar surface area (TPSA) is 58.1 Å². The van der Waals surface area contributed by atoms with Crippen molar-refractivity contribution < 1.29 is 4.79 Å². The standard InChI is InChI=1S/C16H26N4O/c1-4-5-10-20(3)16(21)14-11-15(18-12(2)17-14)19-13-8-6-7-9-13/h11,13H,4-10H2,1-3H3,(H,17,18,19). The van der Waals surface area contributed by atoms with E-state index in [1.807, 2.05) is 14.0 Å². The van der Waals surface area contributed by atoms with E-state index in [2.05, 4.69) is 22.2 Å². The lowest BCUT2D eigenvalue weighted by molar-refractivity contribution is 0.0787. The fraction of sp³-hybridized carbons (Fsp3) is 0.688. The van der Waals surface area contributed by atoms with Crippen molar-refractivity contribution in [1.82, 2.24) is 14.9 Å². The van der Waals surface area contributed by atoms with E-state index < -0.39 is 0 Å². The minimum absolute atomic E-state index is 0.0246. The zero-order valence-electron chi connectivity index (χ0n) is 13.4. The molecule has 0 bridgehead atoms. The van der Waals surface area contributed by atoms with Gasteiger partial charge in [-0.2, -0.15) is 0 Å². The first kappa shape index (κ1) is 15.7. The van der Waals surface area contributed by atoms with Crippen molar-refractivity contribution in [2.24, 2.45) is 0 Å². The highest BCUT2D eigenvalue weighted by atomic mass is 16.2. The number of anilines is 1. The lowest BCUT2D eigenvalue weighted by Gasteiger charge is -2.18. The van der Waals surface area contributed by atoms with Gasteiger partial charge in [-0.1, -0.05) is 26.2 Å². The molecule has 0 aromatic carbocycles. The normalized spacial score (nSPS) is 15.2. The van der Waals surface area contributed by atoms with Crippen molar-refractivity contribution in [3.05, 3.63) is 17.6 Å². The fourth-order valence-electron chi connectivity index (χ4n) is 2.72. The molecule has 1 aromatic rings. The minimum atomic E-state index is -0.0246. The molecule has 116 valence electrons. The van der Waals surface area contributed by atoms with Gasteiger partial charge >= 0.3 is 0 Å². The van der Waals surface area contributed by atoms with Gasteiger partial charge in [-0.05, 0) is 26.2 Å². The molecule has 1 aliphatic rings. The van der Waals surface area contributed by atoms with Gasteiger partial charge in [0.05, 0.1) is 0 Å². The Bertz CT molecular complexity index is 483. The van der Waals surface area contributed by atoms with Gasteiger partial charge in [0, 0.05) is 25.7 Å². The monoisotopic (exact) mass is 290 g/mol. The minimum Gasteiger partial charge on any atom is -0.367 e. The quantitative estimate of drug-likeness (QED) is 0.875. The third-order valence-electron chi connectivity index (χ3n) is 3.96. The molecule has 0 unspecified atom stereocenters. The van der Waals surface area contributed by atoms with Crippen LogP contribution in [0, 0.1) is 6.92 Å². The summed E-state index contributed by atoms with van der Waals surface area (Å²) in [6, 6.07) is 2.27. The molecule has 2 rings (SSSR count). The number of amides is 1. The lowest BCUT2D eigenvalue weighted by atomic mass is 10.2. The molecular weight excluding hydrogens is 264 g/mol. The first-order valence-electron chi connectivity index (χ1n) is 7.98. The van der Waals surface area contributed by atoms with E-state index in [4.69, 9.17) is 0 Å². The van der Waals surface area contributed by atoms with E-state index in [9.17, 15) is 4.79 Å². The molecule has 1 aromatic heterocycles. The number of aryl methyl sites for hydroxylation is 1. The Labute approximate surface area is 127 Å². The Hall–Kier alpha value is -1.65. The van der Waals surface area contributed by atoms with Gasteiger partial charge in [0.1, 0.15) is 17.3 Å². The van der Waals surface area contributed by atoms with Crippen LogP contribution in [0.3, 0.4) is 0 Å². The van der Waals surface area contributed by atoms with Crippen LogP contribution in [0.2, 0.25) is 0 Å². The van der Waals surface area contributed by atoms with Crippen molar-refractivity contribution in [3.63, 3.8) is 0 Å². The second-order valence-corrected chi connectivity index (χ2v) is 5.89. The summed E-state index contributed by atoms with van der Waals surface area (Å²) in [5.41, 5.74) is 0.488. The smallest absolute Gasteiger partial charge is 0.272 e. The van der Waals surface area contributed by atoms with Crippen LogP contribution in [0.1, 0.15) is 61.8 Å². The predicted octanol–water partition coefficient (Wildman–Crippen LogP) is 3.01. The molecule has 0 atom stereocenters. The number of carbonyl (C=O) groups excluding carboxylic acids is 1. The van der Waals surface area contributed by atoms with Gasteiger partial charge in [-0.15, -0.1) is 0 Å². The van der Waals surface area contributed by atoms with Crippen LogP contribution >= 0.6 is 0 Å². The maximum atomic E-state index is 12.4. The summed E-state index contributed by atoms with van der Waals surface area (Å²) < 4.78 is 0. The van der Waals surface area contributed by atoms with Crippen molar-refractivity contribution in [2.45, 2.75) is 58.4 Å². The van der Waals surface area contributed by atoms with Crippen LogP contribution in [-0.4, -0.2) is 40.4 Å². The van der Waals surface area contributed by atoms with Crippen LogP contribution in [0.4, 0.5) is 5.82 Å². The Morgan fingerprint density at radius 3 is 2.76 bits per heavy atom. The van der Waals surface area contributed by atoms with E-state index in [1.54, 1.807) is 11.0 Å². The van der Waals surface area contributed by atoms with Crippen molar-refractivity contribution in [1.29, 1.82) is 0 Å². The number of aromatic nitrogens is 2. The molecular formula is C16H26N4O. The molecule has 5 nitrogen and oxygen atoms in total. The highest BCUT2D eigenvalue weighted by Crippen LogP contribution is 2.21. The van der Waals surface area contributed by atoms with Crippen LogP contribution in [-0.2, 0) is 0 Å². The van der Waals surface area contributed by atoms with Crippen LogP contribution in [0.15, 0.2) is 6.07 Å². The second-order valence-electron chi connectivity index (χ2n) is 5.89. The zero-order chi connectivity index (χ0) is 15.2. The molecule has 1 saturated carbocycles. The van der Waals surface area contributed by atoms with E-state index in [0.29, 0.717) is 17.6 Å².